The van der Waals surface area contributed by atoms with Crippen molar-refractivity contribution < 1.29 is 8.78 Å². The fraction of sp³-hybridized carbons (Fsp3) is 0.455. The molecule has 0 heterocycles. The van der Waals surface area contributed by atoms with E-state index in [0.717, 1.165) is 6.04 Å². The van der Waals surface area contributed by atoms with Crippen molar-refractivity contribution in [2.75, 3.05) is 0 Å². The molecule has 0 amide bonds. The van der Waals surface area contributed by atoms with Gasteiger partial charge < -0.3 is 0 Å². The van der Waals surface area contributed by atoms with Crippen LogP contribution in [-0.4, -0.2) is 8.07 Å². The van der Waals surface area contributed by atoms with Crippen molar-refractivity contribution in [3.8, 4) is 0 Å². The van der Waals surface area contributed by atoms with Crippen molar-refractivity contribution in [3.05, 3.63) is 33.8 Å². The maximum Gasteiger partial charge on any atom is 0.130 e. The normalized spacial score (nSPS) is 11.9. The van der Waals surface area contributed by atoms with Crippen molar-refractivity contribution in [3.63, 3.8) is 0 Å². The molecule has 0 spiro atoms. The molecule has 0 aliphatic carbocycles. The van der Waals surface area contributed by atoms with E-state index in [1.54, 1.807) is 0 Å². The predicted octanol–water partition coefficient (Wildman–Crippen LogP) is 4.61. The maximum absolute atomic E-state index is 13.4. The smallest absolute Gasteiger partial charge is 0.130 e. The summed E-state index contributed by atoms with van der Waals surface area (Å²) in [6.07, 6.45) is 0.501. The Kier molecular flexibility index (Phi) is 4.06. The third kappa shape index (κ3) is 4.03. The van der Waals surface area contributed by atoms with Gasteiger partial charge in [-0.05, 0) is 18.6 Å². The van der Waals surface area contributed by atoms with Crippen molar-refractivity contribution in [1.82, 2.24) is 0 Å². The van der Waals surface area contributed by atoms with Gasteiger partial charge >= 0.3 is 0 Å². The van der Waals surface area contributed by atoms with E-state index in [1.165, 1.54) is 12.1 Å². The van der Waals surface area contributed by atoms with E-state index in [-0.39, 0.29) is 5.56 Å². The van der Waals surface area contributed by atoms with Crippen molar-refractivity contribution in [2.24, 2.45) is 0 Å². The van der Waals surface area contributed by atoms with Crippen LogP contribution in [0.5, 0.6) is 0 Å². The fourth-order valence-electron chi connectivity index (χ4n) is 1.31. The van der Waals surface area contributed by atoms with E-state index in [0.29, 0.717) is 10.9 Å². The first-order valence-electron chi connectivity index (χ1n) is 4.93. The zero-order valence-corrected chi connectivity index (χ0v) is 11.8. The van der Waals surface area contributed by atoms with E-state index >= 15 is 0 Å². The molecule has 0 nitrogen and oxygen atoms in total. The first-order chi connectivity index (χ1) is 6.79. The van der Waals surface area contributed by atoms with Crippen LogP contribution in [0, 0.1) is 11.6 Å². The Balaban J connectivity index is 2.86. The van der Waals surface area contributed by atoms with Gasteiger partial charge in [0.2, 0.25) is 0 Å². The van der Waals surface area contributed by atoms with Crippen molar-refractivity contribution >= 4 is 24.0 Å². The summed E-state index contributed by atoms with van der Waals surface area (Å²) in [7, 11) is -1.24. The summed E-state index contributed by atoms with van der Waals surface area (Å²) in [6.45, 7) is 6.59. The van der Waals surface area contributed by atoms with Gasteiger partial charge in [-0.25, -0.2) is 8.78 Å². The van der Waals surface area contributed by atoms with Gasteiger partial charge in [-0.3, -0.25) is 0 Å². The molecule has 1 rings (SSSR count). The Morgan fingerprint density at radius 3 is 2.00 bits per heavy atom. The summed E-state index contributed by atoms with van der Waals surface area (Å²) in [6, 6.07) is 3.55. The summed E-state index contributed by atoms with van der Waals surface area (Å²) in [4.78, 5) is 0. The van der Waals surface area contributed by atoms with Crippen LogP contribution in [0.3, 0.4) is 0 Å². The van der Waals surface area contributed by atoms with Crippen molar-refractivity contribution in [1.29, 1.82) is 0 Å². The molecule has 0 fully saturated rings. The molecule has 15 heavy (non-hydrogen) atoms. The van der Waals surface area contributed by atoms with Gasteiger partial charge in [-0.2, -0.15) is 0 Å². The van der Waals surface area contributed by atoms with Gasteiger partial charge in [0, 0.05) is 18.1 Å². The second kappa shape index (κ2) is 4.74. The Labute approximate surface area is 98.8 Å². The van der Waals surface area contributed by atoms with Crippen LogP contribution in [0.2, 0.25) is 25.7 Å². The molecule has 0 unspecified atom stereocenters. The summed E-state index contributed by atoms with van der Waals surface area (Å²) < 4.78 is 27.3. The monoisotopic (exact) mass is 292 g/mol. The minimum absolute atomic E-state index is 0.223. The third-order valence-corrected chi connectivity index (χ3v) is 4.44. The SMILES string of the molecule is C[Si](C)(C)CCc1c(F)cc(Br)cc1F. The first-order valence-corrected chi connectivity index (χ1v) is 9.43. The van der Waals surface area contributed by atoms with E-state index in [1.807, 2.05) is 0 Å². The lowest BCUT2D eigenvalue weighted by atomic mass is 10.1. The Morgan fingerprint density at radius 2 is 1.60 bits per heavy atom. The second-order valence-corrected chi connectivity index (χ2v) is 11.4. The molecule has 0 saturated heterocycles. The summed E-state index contributed by atoms with van der Waals surface area (Å²) in [5.74, 6) is -0.889. The lowest BCUT2D eigenvalue weighted by Crippen LogP contribution is -2.20. The first kappa shape index (κ1) is 12.8. The molecule has 0 aliphatic heterocycles. The minimum Gasteiger partial charge on any atom is -0.207 e. The average molecular weight is 293 g/mol. The van der Waals surface area contributed by atoms with E-state index in [4.69, 9.17) is 0 Å². The largest absolute Gasteiger partial charge is 0.207 e. The van der Waals surface area contributed by atoms with Crippen LogP contribution in [0.4, 0.5) is 8.78 Å². The number of hydrogen-bond acceptors (Lipinski definition) is 0. The van der Waals surface area contributed by atoms with Crippen LogP contribution in [0.15, 0.2) is 16.6 Å². The van der Waals surface area contributed by atoms with Crippen LogP contribution in [0.1, 0.15) is 5.56 Å². The predicted molar refractivity (Wildman–Crippen MR) is 65.9 cm³/mol. The third-order valence-electron chi connectivity index (χ3n) is 2.23. The second-order valence-electron chi connectivity index (χ2n) is 4.91. The molecule has 84 valence electrons. The molecule has 0 aliphatic rings. The Morgan fingerprint density at radius 1 is 1.13 bits per heavy atom. The number of rotatable bonds is 3. The van der Waals surface area contributed by atoms with Gasteiger partial charge in [0.05, 0.1) is 0 Å². The average Bonchev–Trinajstić information content (AvgIpc) is 1.99. The van der Waals surface area contributed by atoms with Crippen LogP contribution in [0.25, 0.3) is 0 Å². The number of halogens is 3. The minimum atomic E-state index is -1.24. The quantitative estimate of drug-likeness (QED) is 0.714. The van der Waals surface area contributed by atoms with Crippen LogP contribution < -0.4 is 0 Å². The number of benzene rings is 1. The molecule has 0 aromatic heterocycles. The molecule has 0 bridgehead atoms. The van der Waals surface area contributed by atoms with Crippen molar-refractivity contribution in [2.45, 2.75) is 32.1 Å². The van der Waals surface area contributed by atoms with E-state index in [2.05, 4.69) is 35.6 Å². The summed E-state index contributed by atoms with van der Waals surface area (Å²) in [5.41, 5.74) is 0.223. The molecular formula is C11H15BrF2Si. The van der Waals surface area contributed by atoms with Gasteiger partial charge in [-0.1, -0.05) is 41.6 Å². The summed E-state index contributed by atoms with van der Waals surface area (Å²) >= 11 is 3.07. The highest BCUT2D eigenvalue weighted by atomic mass is 79.9. The highest BCUT2D eigenvalue weighted by molar-refractivity contribution is 9.10. The van der Waals surface area contributed by atoms with Gasteiger partial charge in [-0.15, -0.1) is 0 Å². The van der Waals surface area contributed by atoms with Gasteiger partial charge in [0.15, 0.2) is 0 Å². The van der Waals surface area contributed by atoms with Gasteiger partial charge in [0.1, 0.15) is 11.6 Å². The molecule has 1 aromatic carbocycles. The number of hydrogen-bond donors (Lipinski definition) is 0. The van der Waals surface area contributed by atoms with Gasteiger partial charge in [0.25, 0.3) is 0 Å². The molecule has 0 saturated carbocycles. The topological polar surface area (TPSA) is 0 Å². The van der Waals surface area contributed by atoms with E-state index < -0.39 is 19.7 Å². The zero-order chi connectivity index (χ0) is 11.6. The molecule has 0 atom stereocenters. The highest BCUT2D eigenvalue weighted by Crippen LogP contribution is 2.22. The zero-order valence-electron chi connectivity index (χ0n) is 9.20. The van der Waals surface area contributed by atoms with E-state index in [9.17, 15) is 8.78 Å². The lowest BCUT2D eigenvalue weighted by molar-refractivity contribution is 0.557. The molecule has 1 aromatic rings. The van der Waals surface area contributed by atoms with Crippen LogP contribution in [-0.2, 0) is 6.42 Å². The molecule has 4 heteroatoms. The fourth-order valence-corrected chi connectivity index (χ4v) is 2.71. The molecule has 0 N–H and O–H groups in total. The highest BCUT2D eigenvalue weighted by Gasteiger charge is 2.16. The molecular weight excluding hydrogens is 278 g/mol. The summed E-state index contributed by atoms with van der Waals surface area (Å²) in [5, 5.41) is 0. The van der Waals surface area contributed by atoms with Crippen LogP contribution >= 0.6 is 15.9 Å². The standard InChI is InChI=1S/C11H15BrF2Si/c1-15(2,3)5-4-9-10(13)6-8(12)7-11(9)14/h6-7H,4-5H2,1-3H3. The Hall–Kier alpha value is -0.223. The molecule has 0 radical (unpaired) electrons. The lowest BCUT2D eigenvalue weighted by Gasteiger charge is -2.16. The Bertz CT molecular complexity index is 335. The maximum atomic E-state index is 13.4.